The van der Waals surface area contributed by atoms with Crippen LogP contribution in [0.15, 0.2) is 12.1 Å². The van der Waals surface area contributed by atoms with E-state index in [2.05, 4.69) is 0 Å². The van der Waals surface area contributed by atoms with Gasteiger partial charge in [0, 0.05) is 6.42 Å². The standard InChI is InChI=1S/C14H19ClO4/c1-9(2)19-14-11(17-3)7-10(5-6-13(15)16)8-12(14)18-4/h7-9H,5-6H2,1-4H3. The smallest absolute Gasteiger partial charge is 0.221 e. The molecule has 0 aromatic heterocycles. The summed E-state index contributed by atoms with van der Waals surface area (Å²) < 4.78 is 16.3. The van der Waals surface area contributed by atoms with Crippen LogP contribution in [0.1, 0.15) is 25.8 Å². The van der Waals surface area contributed by atoms with Gasteiger partial charge in [0.05, 0.1) is 20.3 Å². The van der Waals surface area contributed by atoms with E-state index in [1.807, 2.05) is 26.0 Å². The maximum atomic E-state index is 10.8. The molecule has 1 aromatic carbocycles. The number of carbonyl (C=O) groups is 1. The third-order valence-corrected chi connectivity index (χ3v) is 2.67. The summed E-state index contributed by atoms with van der Waals surface area (Å²) in [6.07, 6.45) is 0.827. The van der Waals surface area contributed by atoms with Crippen molar-refractivity contribution in [3.05, 3.63) is 17.7 Å². The van der Waals surface area contributed by atoms with Crippen LogP contribution in [-0.4, -0.2) is 25.6 Å². The predicted molar refractivity (Wildman–Crippen MR) is 74.5 cm³/mol. The molecule has 5 heteroatoms. The zero-order chi connectivity index (χ0) is 14.4. The van der Waals surface area contributed by atoms with Crippen LogP contribution in [0.2, 0.25) is 0 Å². The lowest BCUT2D eigenvalue weighted by atomic mass is 10.1. The predicted octanol–water partition coefficient (Wildman–Crippen LogP) is 3.19. The normalized spacial score (nSPS) is 10.4. The summed E-state index contributed by atoms with van der Waals surface area (Å²) in [5.41, 5.74) is 0.916. The molecule has 0 heterocycles. The summed E-state index contributed by atoms with van der Waals surface area (Å²) >= 11 is 5.35. The van der Waals surface area contributed by atoms with Gasteiger partial charge in [-0.1, -0.05) is 0 Å². The van der Waals surface area contributed by atoms with Crippen LogP contribution in [0.5, 0.6) is 17.2 Å². The third-order valence-electron chi connectivity index (χ3n) is 2.48. The number of ether oxygens (including phenoxy) is 3. The van der Waals surface area contributed by atoms with E-state index in [0.717, 1.165) is 5.56 Å². The highest BCUT2D eigenvalue weighted by Gasteiger charge is 2.15. The molecule has 0 radical (unpaired) electrons. The molecule has 0 saturated heterocycles. The van der Waals surface area contributed by atoms with E-state index in [1.54, 1.807) is 14.2 Å². The Kier molecular flexibility index (Phi) is 5.96. The molecule has 0 atom stereocenters. The second-order valence-corrected chi connectivity index (χ2v) is 4.77. The fourth-order valence-corrected chi connectivity index (χ4v) is 1.77. The number of rotatable bonds is 7. The lowest BCUT2D eigenvalue weighted by molar-refractivity contribution is -0.111. The summed E-state index contributed by atoms with van der Waals surface area (Å²) in [6.45, 7) is 3.86. The van der Waals surface area contributed by atoms with Crippen LogP contribution in [0.3, 0.4) is 0 Å². The first-order chi connectivity index (χ1) is 8.97. The SMILES string of the molecule is COc1cc(CCC(=O)Cl)cc(OC)c1OC(C)C. The van der Waals surface area contributed by atoms with E-state index < -0.39 is 0 Å². The molecular weight excluding hydrogens is 268 g/mol. The highest BCUT2D eigenvalue weighted by Crippen LogP contribution is 2.39. The van der Waals surface area contributed by atoms with Crippen LogP contribution >= 0.6 is 11.6 Å². The molecule has 1 rings (SSSR count). The minimum absolute atomic E-state index is 0.0121. The summed E-state index contributed by atoms with van der Waals surface area (Å²) in [5.74, 6) is 1.75. The van der Waals surface area contributed by atoms with E-state index in [0.29, 0.717) is 23.7 Å². The molecular formula is C14H19ClO4. The minimum Gasteiger partial charge on any atom is -0.493 e. The Morgan fingerprint density at radius 3 is 2.11 bits per heavy atom. The van der Waals surface area contributed by atoms with E-state index in [4.69, 9.17) is 25.8 Å². The summed E-state index contributed by atoms with van der Waals surface area (Å²) in [7, 11) is 3.14. The first kappa shape index (κ1) is 15.6. The van der Waals surface area contributed by atoms with Gasteiger partial charge in [0.25, 0.3) is 0 Å². The number of methoxy groups -OCH3 is 2. The maximum Gasteiger partial charge on any atom is 0.221 e. The monoisotopic (exact) mass is 286 g/mol. The number of hydrogen-bond acceptors (Lipinski definition) is 4. The van der Waals surface area contributed by atoms with Gasteiger partial charge in [-0.05, 0) is 49.6 Å². The van der Waals surface area contributed by atoms with Crippen molar-refractivity contribution in [3.63, 3.8) is 0 Å². The minimum atomic E-state index is -0.361. The van der Waals surface area contributed by atoms with Crippen molar-refractivity contribution in [1.29, 1.82) is 0 Å². The van der Waals surface area contributed by atoms with E-state index in [-0.39, 0.29) is 17.8 Å². The average molecular weight is 287 g/mol. The molecule has 0 spiro atoms. The van der Waals surface area contributed by atoms with E-state index in [1.165, 1.54) is 0 Å². The fraction of sp³-hybridized carbons (Fsp3) is 0.500. The number of aryl methyl sites for hydroxylation is 1. The Morgan fingerprint density at radius 2 is 1.74 bits per heavy atom. The molecule has 0 amide bonds. The van der Waals surface area contributed by atoms with Crippen molar-refractivity contribution in [2.45, 2.75) is 32.8 Å². The van der Waals surface area contributed by atoms with Crippen LogP contribution in [0.25, 0.3) is 0 Å². The summed E-state index contributed by atoms with van der Waals surface area (Å²) in [4.78, 5) is 10.8. The second-order valence-electron chi connectivity index (χ2n) is 4.35. The zero-order valence-electron chi connectivity index (χ0n) is 11.7. The Morgan fingerprint density at radius 1 is 1.21 bits per heavy atom. The van der Waals surface area contributed by atoms with Crippen molar-refractivity contribution >= 4 is 16.8 Å². The molecule has 0 bridgehead atoms. The van der Waals surface area contributed by atoms with Gasteiger partial charge in [0.2, 0.25) is 11.0 Å². The molecule has 106 valence electrons. The first-order valence-corrected chi connectivity index (χ1v) is 6.45. The maximum absolute atomic E-state index is 10.8. The number of benzene rings is 1. The molecule has 0 aliphatic rings. The molecule has 0 aliphatic heterocycles. The van der Waals surface area contributed by atoms with Gasteiger partial charge in [0.15, 0.2) is 11.5 Å². The van der Waals surface area contributed by atoms with Crippen LogP contribution in [0, 0.1) is 0 Å². The van der Waals surface area contributed by atoms with Gasteiger partial charge in [0.1, 0.15) is 0 Å². The van der Waals surface area contributed by atoms with Crippen LogP contribution in [0.4, 0.5) is 0 Å². The van der Waals surface area contributed by atoms with Gasteiger partial charge < -0.3 is 14.2 Å². The molecule has 0 saturated carbocycles. The molecule has 4 nitrogen and oxygen atoms in total. The molecule has 0 N–H and O–H groups in total. The Bertz CT molecular complexity index is 418. The first-order valence-electron chi connectivity index (χ1n) is 6.07. The Labute approximate surface area is 118 Å². The lowest BCUT2D eigenvalue weighted by Crippen LogP contribution is -2.08. The van der Waals surface area contributed by atoms with Crippen LogP contribution in [-0.2, 0) is 11.2 Å². The summed E-state index contributed by atoms with van der Waals surface area (Å²) in [6, 6.07) is 3.67. The largest absolute Gasteiger partial charge is 0.493 e. The Balaban J connectivity index is 3.08. The van der Waals surface area contributed by atoms with Crippen molar-refractivity contribution in [1.82, 2.24) is 0 Å². The van der Waals surface area contributed by atoms with Crippen molar-refractivity contribution in [3.8, 4) is 17.2 Å². The van der Waals surface area contributed by atoms with Gasteiger partial charge in [-0.3, -0.25) is 4.79 Å². The quantitative estimate of drug-likeness (QED) is 0.722. The second kappa shape index (κ2) is 7.24. The van der Waals surface area contributed by atoms with Crippen molar-refractivity contribution in [2.24, 2.45) is 0 Å². The van der Waals surface area contributed by atoms with Crippen molar-refractivity contribution in [2.75, 3.05) is 14.2 Å². The Hall–Kier alpha value is -1.42. The van der Waals surface area contributed by atoms with Gasteiger partial charge in [-0.15, -0.1) is 0 Å². The van der Waals surface area contributed by atoms with E-state index >= 15 is 0 Å². The van der Waals surface area contributed by atoms with Gasteiger partial charge in [-0.25, -0.2) is 0 Å². The number of carbonyl (C=O) groups excluding carboxylic acids is 1. The van der Waals surface area contributed by atoms with Crippen LogP contribution < -0.4 is 14.2 Å². The average Bonchev–Trinajstić information content (AvgIpc) is 2.36. The molecule has 1 aromatic rings. The highest BCUT2D eigenvalue weighted by molar-refractivity contribution is 6.63. The highest BCUT2D eigenvalue weighted by atomic mass is 35.5. The zero-order valence-corrected chi connectivity index (χ0v) is 12.4. The van der Waals surface area contributed by atoms with E-state index in [9.17, 15) is 4.79 Å². The van der Waals surface area contributed by atoms with Gasteiger partial charge in [-0.2, -0.15) is 0 Å². The number of hydrogen-bond donors (Lipinski definition) is 0. The molecule has 0 aliphatic carbocycles. The molecule has 0 fully saturated rings. The fourth-order valence-electron chi connectivity index (χ4n) is 1.67. The lowest BCUT2D eigenvalue weighted by Gasteiger charge is -2.18. The van der Waals surface area contributed by atoms with Gasteiger partial charge >= 0.3 is 0 Å². The number of halogens is 1. The summed E-state index contributed by atoms with van der Waals surface area (Å²) in [5, 5.41) is -0.361. The molecule has 19 heavy (non-hydrogen) atoms. The molecule has 0 unspecified atom stereocenters. The third kappa shape index (κ3) is 4.63. The topological polar surface area (TPSA) is 44.8 Å². The van der Waals surface area contributed by atoms with Crippen molar-refractivity contribution < 1.29 is 19.0 Å².